The van der Waals surface area contributed by atoms with Gasteiger partial charge >= 0.3 is 5.97 Å². The number of hydrogen-bond donors (Lipinski definition) is 2. The molecule has 1 amide bonds. The highest BCUT2D eigenvalue weighted by molar-refractivity contribution is 8.18. The smallest absolute Gasteiger partial charge is 0.335 e. The lowest BCUT2D eigenvalue weighted by atomic mass is 10.1. The van der Waals surface area contributed by atoms with Crippen LogP contribution in [0.25, 0.3) is 11.8 Å². The molecule has 2 aromatic carbocycles. The van der Waals surface area contributed by atoms with E-state index in [4.69, 9.17) is 5.11 Å². The normalized spacial score (nSPS) is 16.3. The van der Waals surface area contributed by atoms with E-state index >= 15 is 0 Å². The second-order valence-electron chi connectivity index (χ2n) is 6.91. The van der Waals surface area contributed by atoms with Crippen molar-refractivity contribution in [3.8, 4) is 5.69 Å². The quantitative estimate of drug-likeness (QED) is 0.604. The Hall–Kier alpha value is -3.58. The van der Waals surface area contributed by atoms with Crippen molar-refractivity contribution in [2.24, 2.45) is 4.99 Å². The average molecular weight is 417 g/mol. The van der Waals surface area contributed by atoms with Gasteiger partial charge in [0.05, 0.1) is 16.2 Å². The summed E-state index contributed by atoms with van der Waals surface area (Å²) >= 11 is 1.29. The number of benzene rings is 2. The highest BCUT2D eigenvalue weighted by Crippen LogP contribution is 2.29. The van der Waals surface area contributed by atoms with Crippen molar-refractivity contribution in [2.75, 3.05) is 0 Å². The Morgan fingerprint density at radius 3 is 2.57 bits per heavy atom. The van der Waals surface area contributed by atoms with Crippen LogP contribution in [0.1, 0.15) is 27.2 Å². The van der Waals surface area contributed by atoms with Crippen LogP contribution in [0.15, 0.2) is 70.7 Å². The zero-order valence-corrected chi connectivity index (χ0v) is 17.2. The van der Waals surface area contributed by atoms with E-state index < -0.39 is 5.97 Å². The van der Waals surface area contributed by atoms with E-state index in [1.54, 1.807) is 30.3 Å². The Balaban J connectivity index is 1.59. The van der Waals surface area contributed by atoms with Gasteiger partial charge in [-0.25, -0.2) is 9.79 Å². The van der Waals surface area contributed by atoms with Crippen LogP contribution in [-0.4, -0.2) is 26.7 Å². The molecule has 1 saturated heterocycles. The number of rotatable bonds is 4. The first-order chi connectivity index (χ1) is 14.4. The zero-order valence-electron chi connectivity index (χ0n) is 16.4. The lowest BCUT2D eigenvalue weighted by molar-refractivity contribution is -0.115. The molecule has 6 nitrogen and oxygen atoms in total. The fourth-order valence-electron chi connectivity index (χ4n) is 3.04. The number of thioether (sulfide) groups is 1. The Morgan fingerprint density at radius 1 is 1.10 bits per heavy atom. The summed E-state index contributed by atoms with van der Waals surface area (Å²) < 4.78 is 1.89. The van der Waals surface area contributed by atoms with Gasteiger partial charge in [-0.1, -0.05) is 6.07 Å². The molecule has 0 spiro atoms. The molecule has 1 aromatic heterocycles. The van der Waals surface area contributed by atoms with Crippen LogP contribution < -0.4 is 5.32 Å². The Morgan fingerprint density at radius 2 is 1.87 bits per heavy atom. The molecule has 3 aromatic rings. The van der Waals surface area contributed by atoms with Crippen LogP contribution in [0.5, 0.6) is 0 Å². The maximum Gasteiger partial charge on any atom is 0.335 e. The van der Waals surface area contributed by atoms with Gasteiger partial charge in [-0.3, -0.25) is 4.79 Å². The molecule has 0 saturated carbocycles. The van der Waals surface area contributed by atoms with Crippen molar-refractivity contribution in [3.05, 3.63) is 88.1 Å². The van der Waals surface area contributed by atoms with E-state index in [0.29, 0.717) is 10.1 Å². The number of nitrogens with zero attached hydrogens (tertiary/aromatic N) is 2. The van der Waals surface area contributed by atoms with E-state index in [1.165, 1.54) is 17.3 Å². The summed E-state index contributed by atoms with van der Waals surface area (Å²) in [6.07, 6.45) is 3.66. The minimum atomic E-state index is -0.967. The number of hydrogen-bond acceptors (Lipinski definition) is 4. The third-order valence-corrected chi connectivity index (χ3v) is 5.73. The number of carbonyl (C=O) groups is 2. The van der Waals surface area contributed by atoms with Crippen molar-refractivity contribution in [3.63, 3.8) is 0 Å². The van der Waals surface area contributed by atoms with Gasteiger partial charge in [0.15, 0.2) is 5.17 Å². The molecule has 7 heteroatoms. The first-order valence-corrected chi connectivity index (χ1v) is 10.1. The van der Waals surface area contributed by atoms with Crippen LogP contribution in [0.3, 0.4) is 0 Å². The van der Waals surface area contributed by atoms with Crippen molar-refractivity contribution >= 4 is 40.6 Å². The van der Waals surface area contributed by atoms with Gasteiger partial charge < -0.3 is 15.0 Å². The summed E-state index contributed by atoms with van der Waals surface area (Å²) in [6, 6.07) is 16.3. The second kappa shape index (κ2) is 8.04. The van der Waals surface area contributed by atoms with Gasteiger partial charge in [0, 0.05) is 17.6 Å². The second-order valence-corrected chi connectivity index (χ2v) is 7.94. The van der Waals surface area contributed by atoms with Gasteiger partial charge in [0.2, 0.25) is 0 Å². The molecule has 150 valence electrons. The third-order valence-electron chi connectivity index (χ3n) is 4.82. The Bertz CT molecular complexity index is 1210. The van der Waals surface area contributed by atoms with Crippen molar-refractivity contribution in [1.29, 1.82) is 0 Å². The molecule has 0 atom stereocenters. The monoisotopic (exact) mass is 417 g/mol. The summed E-state index contributed by atoms with van der Waals surface area (Å²) in [5.74, 6) is -1.16. The van der Waals surface area contributed by atoms with Gasteiger partial charge in [0.1, 0.15) is 0 Å². The molecule has 0 bridgehead atoms. The van der Waals surface area contributed by atoms with Crippen LogP contribution in [0.4, 0.5) is 5.69 Å². The minimum absolute atomic E-state index is 0.198. The molecular formula is C23H19N3O3S. The number of carboxylic acid groups (broad SMARTS) is 1. The van der Waals surface area contributed by atoms with Gasteiger partial charge in [-0.2, -0.15) is 0 Å². The fourth-order valence-corrected chi connectivity index (χ4v) is 3.87. The molecule has 1 fully saturated rings. The van der Waals surface area contributed by atoms with Gasteiger partial charge in [-0.05, 0) is 91.3 Å². The number of aromatic carboxylic acids is 1. The molecule has 0 unspecified atom stereocenters. The first-order valence-electron chi connectivity index (χ1n) is 9.28. The summed E-state index contributed by atoms with van der Waals surface area (Å²) in [4.78, 5) is 28.6. The molecule has 0 radical (unpaired) electrons. The van der Waals surface area contributed by atoms with Crippen LogP contribution >= 0.6 is 11.8 Å². The SMILES string of the molecule is Cc1ccc(N=C2NC(=O)/C(=C/c3cccn3-c3ccc(C(=O)O)cc3)S2)cc1C. The predicted molar refractivity (Wildman–Crippen MR) is 119 cm³/mol. The van der Waals surface area contributed by atoms with E-state index in [0.717, 1.165) is 22.6 Å². The number of amides is 1. The zero-order chi connectivity index (χ0) is 21.3. The average Bonchev–Trinajstić information content (AvgIpc) is 3.31. The number of amidine groups is 1. The third kappa shape index (κ3) is 4.06. The van der Waals surface area contributed by atoms with Crippen LogP contribution in [-0.2, 0) is 4.79 Å². The van der Waals surface area contributed by atoms with Crippen LogP contribution in [0, 0.1) is 13.8 Å². The fraction of sp³-hybridized carbons (Fsp3) is 0.0870. The van der Waals surface area contributed by atoms with Gasteiger partial charge in [-0.15, -0.1) is 0 Å². The molecular weight excluding hydrogens is 398 g/mol. The summed E-state index contributed by atoms with van der Waals surface area (Å²) in [5.41, 5.74) is 4.98. The Labute approximate surface area is 178 Å². The van der Waals surface area contributed by atoms with E-state index in [1.807, 2.05) is 54.9 Å². The lowest BCUT2D eigenvalue weighted by Gasteiger charge is -2.07. The summed E-state index contributed by atoms with van der Waals surface area (Å²) in [5, 5.41) is 12.4. The van der Waals surface area contributed by atoms with E-state index in [2.05, 4.69) is 10.3 Å². The number of aliphatic imine (C=N–C) groups is 1. The highest BCUT2D eigenvalue weighted by Gasteiger charge is 2.24. The summed E-state index contributed by atoms with van der Waals surface area (Å²) in [6.45, 7) is 4.07. The van der Waals surface area contributed by atoms with Crippen molar-refractivity contribution in [1.82, 2.24) is 9.88 Å². The number of aryl methyl sites for hydroxylation is 2. The molecule has 2 heterocycles. The summed E-state index contributed by atoms with van der Waals surface area (Å²) in [7, 11) is 0. The molecule has 1 aliphatic rings. The molecule has 1 aliphatic heterocycles. The number of carboxylic acids is 1. The predicted octanol–water partition coefficient (Wildman–Crippen LogP) is 4.68. The highest BCUT2D eigenvalue weighted by atomic mass is 32.2. The minimum Gasteiger partial charge on any atom is -0.478 e. The number of nitrogens with one attached hydrogen (secondary N) is 1. The lowest BCUT2D eigenvalue weighted by Crippen LogP contribution is -2.19. The van der Waals surface area contributed by atoms with Crippen LogP contribution in [0.2, 0.25) is 0 Å². The molecule has 2 N–H and O–H groups in total. The maximum atomic E-state index is 12.4. The maximum absolute atomic E-state index is 12.4. The first kappa shape index (κ1) is 19.7. The van der Waals surface area contributed by atoms with Crippen molar-refractivity contribution in [2.45, 2.75) is 13.8 Å². The van der Waals surface area contributed by atoms with Gasteiger partial charge in [0.25, 0.3) is 5.91 Å². The molecule has 30 heavy (non-hydrogen) atoms. The largest absolute Gasteiger partial charge is 0.478 e. The molecule has 4 rings (SSSR count). The number of carbonyl (C=O) groups excluding carboxylic acids is 1. The standard InChI is InChI=1S/C23H19N3O3S/c1-14-5-8-17(12-15(14)2)24-23-25-21(27)20(30-23)13-19-4-3-11-26(19)18-9-6-16(7-10-18)22(28)29/h3-13H,1-2H3,(H,28,29)(H,24,25,27)/b20-13-. The van der Waals surface area contributed by atoms with E-state index in [9.17, 15) is 9.59 Å². The van der Waals surface area contributed by atoms with Crippen molar-refractivity contribution < 1.29 is 14.7 Å². The molecule has 0 aliphatic carbocycles. The topological polar surface area (TPSA) is 83.7 Å². The van der Waals surface area contributed by atoms with E-state index in [-0.39, 0.29) is 11.5 Å². The number of aromatic nitrogens is 1. The Kier molecular flexibility index (Phi) is 5.29.